The van der Waals surface area contributed by atoms with Gasteiger partial charge in [-0.1, -0.05) is 12.1 Å². The SMILES string of the molecule is Oc1c(Cc2cccc(OC(F)(F)F)c2)c(C2CC2)nc2ccnn12. The third-order valence-corrected chi connectivity index (χ3v) is 4.11. The lowest BCUT2D eigenvalue weighted by Gasteiger charge is -2.13. The van der Waals surface area contributed by atoms with Crippen LogP contribution in [0.3, 0.4) is 0 Å². The average molecular weight is 349 g/mol. The Hall–Kier alpha value is -2.77. The Morgan fingerprint density at radius 1 is 1.24 bits per heavy atom. The maximum Gasteiger partial charge on any atom is 0.573 e. The van der Waals surface area contributed by atoms with Crippen LogP contribution in [0.5, 0.6) is 11.6 Å². The van der Waals surface area contributed by atoms with Crippen molar-refractivity contribution in [3.05, 3.63) is 53.3 Å². The smallest absolute Gasteiger partial charge is 0.493 e. The minimum Gasteiger partial charge on any atom is -0.493 e. The molecule has 0 bridgehead atoms. The number of nitrogens with zero attached hydrogens (tertiary/aromatic N) is 3. The molecule has 3 aromatic rings. The number of hydrogen-bond acceptors (Lipinski definition) is 4. The van der Waals surface area contributed by atoms with Crippen LogP contribution in [0.2, 0.25) is 0 Å². The van der Waals surface area contributed by atoms with Crippen LogP contribution in [0.1, 0.15) is 35.6 Å². The molecule has 5 nitrogen and oxygen atoms in total. The molecule has 0 spiro atoms. The summed E-state index contributed by atoms with van der Waals surface area (Å²) in [7, 11) is 0. The van der Waals surface area contributed by atoms with Crippen molar-refractivity contribution in [1.82, 2.24) is 14.6 Å². The number of fused-ring (bicyclic) bond motifs is 1. The van der Waals surface area contributed by atoms with Gasteiger partial charge in [0.15, 0.2) is 5.65 Å². The van der Waals surface area contributed by atoms with Gasteiger partial charge in [0.1, 0.15) is 5.75 Å². The van der Waals surface area contributed by atoms with Crippen molar-refractivity contribution in [3.8, 4) is 11.6 Å². The van der Waals surface area contributed by atoms with Gasteiger partial charge in [-0.05, 0) is 30.5 Å². The van der Waals surface area contributed by atoms with Gasteiger partial charge in [-0.3, -0.25) is 0 Å². The zero-order valence-corrected chi connectivity index (χ0v) is 13.0. The Balaban J connectivity index is 1.72. The molecular formula is C17H14F3N3O2. The fourth-order valence-electron chi connectivity index (χ4n) is 2.90. The second-order valence-electron chi connectivity index (χ2n) is 6.05. The fraction of sp³-hybridized carbons (Fsp3) is 0.294. The number of halogens is 3. The van der Waals surface area contributed by atoms with Gasteiger partial charge in [-0.25, -0.2) is 4.98 Å². The predicted molar refractivity (Wildman–Crippen MR) is 82.6 cm³/mol. The quantitative estimate of drug-likeness (QED) is 0.778. The average Bonchev–Trinajstić information content (AvgIpc) is 3.26. The van der Waals surface area contributed by atoms with Crippen LogP contribution in [0.4, 0.5) is 13.2 Å². The first-order valence-corrected chi connectivity index (χ1v) is 7.81. The molecule has 1 saturated carbocycles. The Morgan fingerprint density at radius 3 is 2.76 bits per heavy atom. The Labute approximate surface area is 140 Å². The summed E-state index contributed by atoms with van der Waals surface area (Å²) in [5.41, 5.74) is 2.51. The van der Waals surface area contributed by atoms with Crippen LogP contribution in [0.25, 0.3) is 5.65 Å². The number of aromatic nitrogens is 3. The van der Waals surface area contributed by atoms with E-state index in [0.717, 1.165) is 18.5 Å². The Bertz CT molecular complexity index is 933. The van der Waals surface area contributed by atoms with Gasteiger partial charge < -0.3 is 9.84 Å². The summed E-state index contributed by atoms with van der Waals surface area (Å²) in [5, 5.41) is 14.6. The Morgan fingerprint density at radius 2 is 2.04 bits per heavy atom. The van der Waals surface area contributed by atoms with Gasteiger partial charge in [0, 0.05) is 24.0 Å². The summed E-state index contributed by atoms with van der Waals surface area (Å²) < 4.78 is 42.5. The number of benzene rings is 1. The highest BCUT2D eigenvalue weighted by Gasteiger charge is 2.32. The van der Waals surface area contributed by atoms with Crippen LogP contribution in [-0.2, 0) is 6.42 Å². The van der Waals surface area contributed by atoms with Gasteiger partial charge in [0.2, 0.25) is 5.88 Å². The van der Waals surface area contributed by atoms with E-state index in [1.165, 1.54) is 22.7 Å². The summed E-state index contributed by atoms with van der Waals surface area (Å²) in [5.74, 6) is -0.0416. The topological polar surface area (TPSA) is 59.7 Å². The molecule has 2 heterocycles. The van der Waals surface area contributed by atoms with Crippen LogP contribution in [-0.4, -0.2) is 26.1 Å². The van der Waals surface area contributed by atoms with Crippen LogP contribution >= 0.6 is 0 Å². The van der Waals surface area contributed by atoms with E-state index in [1.807, 2.05) is 0 Å². The molecule has 1 aliphatic carbocycles. The number of aromatic hydroxyl groups is 1. The molecule has 4 rings (SSSR count). The lowest BCUT2D eigenvalue weighted by Crippen LogP contribution is -2.17. The van der Waals surface area contributed by atoms with Gasteiger partial charge in [0.05, 0.1) is 11.9 Å². The summed E-state index contributed by atoms with van der Waals surface area (Å²) in [6, 6.07) is 7.44. The predicted octanol–water partition coefficient (Wildman–Crippen LogP) is 3.80. The van der Waals surface area contributed by atoms with Crippen molar-refractivity contribution in [2.75, 3.05) is 0 Å². The molecule has 0 atom stereocenters. The highest BCUT2D eigenvalue weighted by molar-refractivity contribution is 5.49. The van der Waals surface area contributed by atoms with Crippen molar-refractivity contribution in [2.24, 2.45) is 0 Å². The minimum absolute atomic E-state index is 0.0287. The number of hydrogen-bond donors (Lipinski definition) is 1. The molecule has 0 saturated heterocycles. The Kier molecular flexibility index (Phi) is 3.55. The molecule has 1 aliphatic rings. The number of rotatable bonds is 4. The van der Waals surface area contributed by atoms with Crippen molar-refractivity contribution in [2.45, 2.75) is 31.5 Å². The van der Waals surface area contributed by atoms with E-state index < -0.39 is 6.36 Å². The zero-order chi connectivity index (χ0) is 17.6. The van der Waals surface area contributed by atoms with Gasteiger partial charge in [0.25, 0.3) is 0 Å². The molecule has 1 N–H and O–H groups in total. The molecule has 0 amide bonds. The highest BCUT2D eigenvalue weighted by Crippen LogP contribution is 2.43. The summed E-state index contributed by atoms with van der Waals surface area (Å²) in [6.07, 6.45) is -0.979. The molecule has 8 heteroatoms. The minimum atomic E-state index is -4.74. The third kappa shape index (κ3) is 3.24. The van der Waals surface area contributed by atoms with Crippen LogP contribution in [0.15, 0.2) is 36.5 Å². The molecule has 0 unspecified atom stereocenters. The summed E-state index contributed by atoms with van der Waals surface area (Å²) in [4.78, 5) is 4.57. The molecule has 130 valence electrons. The second-order valence-corrected chi connectivity index (χ2v) is 6.05. The fourth-order valence-corrected chi connectivity index (χ4v) is 2.90. The first-order valence-electron chi connectivity index (χ1n) is 7.81. The van der Waals surface area contributed by atoms with Crippen molar-refractivity contribution < 1.29 is 23.0 Å². The van der Waals surface area contributed by atoms with E-state index in [0.29, 0.717) is 16.8 Å². The van der Waals surface area contributed by atoms with Crippen molar-refractivity contribution >= 4 is 5.65 Å². The van der Waals surface area contributed by atoms with Crippen molar-refractivity contribution in [1.29, 1.82) is 0 Å². The highest BCUT2D eigenvalue weighted by atomic mass is 19.4. The van der Waals surface area contributed by atoms with E-state index in [9.17, 15) is 18.3 Å². The lowest BCUT2D eigenvalue weighted by atomic mass is 10.0. The van der Waals surface area contributed by atoms with E-state index in [4.69, 9.17) is 0 Å². The third-order valence-electron chi connectivity index (χ3n) is 4.11. The molecule has 2 aromatic heterocycles. The molecule has 1 fully saturated rings. The molecule has 0 aliphatic heterocycles. The van der Waals surface area contributed by atoms with E-state index in [2.05, 4.69) is 14.8 Å². The van der Waals surface area contributed by atoms with E-state index in [-0.39, 0.29) is 24.0 Å². The van der Waals surface area contributed by atoms with E-state index in [1.54, 1.807) is 18.3 Å². The van der Waals surface area contributed by atoms with Crippen molar-refractivity contribution in [3.63, 3.8) is 0 Å². The van der Waals surface area contributed by atoms with Gasteiger partial charge in [-0.2, -0.15) is 9.61 Å². The molecule has 25 heavy (non-hydrogen) atoms. The number of ether oxygens (including phenoxy) is 1. The molecule has 0 radical (unpaired) electrons. The monoisotopic (exact) mass is 349 g/mol. The second kappa shape index (κ2) is 5.65. The zero-order valence-electron chi connectivity index (χ0n) is 13.0. The van der Waals surface area contributed by atoms with E-state index >= 15 is 0 Å². The van der Waals surface area contributed by atoms with Gasteiger partial charge >= 0.3 is 6.36 Å². The number of alkyl halides is 3. The first kappa shape index (κ1) is 15.7. The standard InChI is InChI=1S/C17H14F3N3O2/c18-17(19,20)25-12-3-1-2-10(8-12)9-13-15(11-4-5-11)22-14-6-7-21-23(14)16(13)24/h1-3,6-8,11,24H,4-5,9H2. The lowest BCUT2D eigenvalue weighted by molar-refractivity contribution is -0.274. The normalized spacial score (nSPS) is 14.8. The van der Waals surface area contributed by atoms with Crippen LogP contribution < -0.4 is 4.74 Å². The van der Waals surface area contributed by atoms with Gasteiger partial charge in [-0.15, -0.1) is 13.2 Å². The first-order chi connectivity index (χ1) is 11.9. The maximum atomic E-state index is 12.4. The van der Waals surface area contributed by atoms with Crippen LogP contribution in [0, 0.1) is 0 Å². The largest absolute Gasteiger partial charge is 0.573 e. The molecular weight excluding hydrogens is 335 g/mol. The summed E-state index contributed by atoms with van der Waals surface area (Å²) >= 11 is 0. The molecule has 1 aromatic carbocycles. The maximum absolute atomic E-state index is 12.4. The summed E-state index contributed by atoms with van der Waals surface area (Å²) in [6.45, 7) is 0.